The van der Waals surface area contributed by atoms with Gasteiger partial charge in [-0.1, -0.05) is 18.2 Å². The van der Waals surface area contributed by atoms with E-state index in [9.17, 15) is 18.0 Å². The van der Waals surface area contributed by atoms with Crippen LogP contribution >= 0.6 is 0 Å². The van der Waals surface area contributed by atoms with Gasteiger partial charge in [0.1, 0.15) is 5.69 Å². The van der Waals surface area contributed by atoms with E-state index in [1.165, 1.54) is 7.05 Å². The first-order valence-electron chi connectivity index (χ1n) is 8.82. The van der Waals surface area contributed by atoms with Crippen molar-refractivity contribution in [3.05, 3.63) is 59.5 Å². The van der Waals surface area contributed by atoms with Gasteiger partial charge >= 0.3 is 6.18 Å². The highest BCUT2D eigenvalue weighted by molar-refractivity contribution is 5.93. The van der Waals surface area contributed by atoms with Crippen LogP contribution in [0.1, 0.15) is 34.8 Å². The molecule has 1 aromatic carbocycles. The Hall–Kier alpha value is -3.30. The average Bonchev–Trinajstić information content (AvgIpc) is 3.24. The van der Waals surface area contributed by atoms with Gasteiger partial charge in [-0.3, -0.25) is 14.2 Å². The summed E-state index contributed by atoms with van der Waals surface area (Å²) in [6.45, 7) is 1.74. The van der Waals surface area contributed by atoms with Crippen molar-refractivity contribution in [2.45, 2.75) is 19.1 Å². The molecular formula is C19H21F3N6O. The van der Waals surface area contributed by atoms with E-state index in [0.29, 0.717) is 11.5 Å². The molecule has 0 bridgehead atoms. The molecule has 10 heteroatoms. The molecule has 1 atom stereocenters. The number of rotatable bonds is 5. The third-order valence-corrected chi connectivity index (χ3v) is 4.58. The average molecular weight is 406 g/mol. The minimum absolute atomic E-state index is 0.173. The van der Waals surface area contributed by atoms with Crippen molar-refractivity contribution in [3.63, 3.8) is 0 Å². The number of carbonyl (C=O) groups is 1. The fourth-order valence-electron chi connectivity index (χ4n) is 2.98. The Labute approximate surface area is 165 Å². The third kappa shape index (κ3) is 4.25. The second kappa shape index (κ2) is 7.61. The van der Waals surface area contributed by atoms with Crippen LogP contribution in [0.5, 0.6) is 0 Å². The summed E-state index contributed by atoms with van der Waals surface area (Å²) in [5.41, 5.74) is 0.371. The summed E-state index contributed by atoms with van der Waals surface area (Å²) in [5, 5.41) is 10.5. The predicted octanol–water partition coefficient (Wildman–Crippen LogP) is 3.43. The fraction of sp³-hybridized carbons (Fsp3) is 0.316. The molecule has 29 heavy (non-hydrogen) atoms. The molecule has 2 heterocycles. The van der Waals surface area contributed by atoms with Gasteiger partial charge in [0.2, 0.25) is 0 Å². The van der Waals surface area contributed by atoms with Crippen molar-refractivity contribution in [2.75, 3.05) is 11.9 Å². The fourth-order valence-corrected chi connectivity index (χ4v) is 2.98. The molecule has 3 rings (SSSR count). The molecule has 0 saturated heterocycles. The summed E-state index contributed by atoms with van der Waals surface area (Å²) >= 11 is 0. The van der Waals surface area contributed by atoms with Gasteiger partial charge in [0, 0.05) is 39.0 Å². The van der Waals surface area contributed by atoms with Gasteiger partial charge in [-0.2, -0.15) is 23.4 Å². The van der Waals surface area contributed by atoms with Crippen LogP contribution in [0.25, 0.3) is 0 Å². The van der Waals surface area contributed by atoms with Gasteiger partial charge in [-0.25, -0.2) is 0 Å². The van der Waals surface area contributed by atoms with E-state index in [0.717, 1.165) is 16.4 Å². The topological polar surface area (TPSA) is 68.0 Å². The van der Waals surface area contributed by atoms with Crippen molar-refractivity contribution >= 4 is 17.4 Å². The Balaban J connectivity index is 1.78. The molecule has 0 aliphatic carbocycles. The first kappa shape index (κ1) is 20.4. The zero-order valence-electron chi connectivity index (χ0n) is 16.4. The van der Waals surface area contributed by atoms with Gasteiger partial charge in [-0.05, 0) is 19.1 Å². The number of aryl methyl sites for hydroxylation is 2. The lowest BCUT2D eigenvalue weighted by atomic mass is 10.2. The number of para-hydroxylation sites is 1. The van der Waals surface area contributed by atoms with Crippen LogP contribution in [-0.4, -0.2) is 32.5 Å². The molecule has 0 spiro atoms. The van der Waals surface area contributed by atoms with E-state index in [2.05, 4.69) is 15.5 Å². The monoisotopic (exact) mass is 406 g/mol. The second-order valence-electron chi connectivity index (χ2n) is 6.68. The van der Waals surface area contributed by atoms with E-state index >= 15 is 0 Å². The Kier molecular flexibility index (Phi) is 5.36. The maximum Gasteiger partial charge on any atom is 0.435 e. The number of halogens is 3. The third-order valence-electron chi connectivity index (χ3n) is 4.58. The van der Waals surface area contributed by atoms with Crippen LogP contribution in [0, 0.1) is 0 Å². The molecule has 1 amide bonds. The number of nitrogens with one attached hydrogen (secondary N) is 1. The van der Waals surface area contributed by atoms with Crippen LogP contribution in [0.3, 0.4) is 0 Å². The van der Waals surface area contributed by atoms with Crippen molar-refractivity contribution in [1.82, 2.24) is 24.9 Å². The van der Waals surface area contributed by atoms with E-state index in [-0.39, 0.29) is 5.69 Å². The molecule has 2 aromatic heterocycles. The summed E-state index contributed by atoms with van der Waals surface area (Å²) in [4.78, 5) is 14.4. The summed E-state index contributed by atoms with van der Waals surface area (Å²) in [7, 11) is 4.91. The minimum Gasteiger partial charge on any atom is -0.343 e. The Morgan fingerprint density at radius 3 is 2.34 bits per heavy atom. The maximum absolute atomic E-state index is 12.8. The van der Waals surface area contributed by atoms with Crippen LogP contribution in [-0.2, 0) is 20.3 Å². The molecule has 0 aliphatic rings. The summed E-state index contributed by atoms with van der Waals surface area (Å²) in [5.74, 6) is 0.0249. The lowest BCUT2D eigenvalue weighted by molar-refractivity contribution is -0.141. The van der Waals surface area contributed by atoms with Crippen molar-refractivity contribution < 1.29 is 18.0 Å². The van der Waals surface area contributed by atoms with E-state index in [1.807, 2.05) is 48.3 Å². The number of alkyl halides is 3. The Bertz CT molecular complexity index is 1010. The smallest absolute Gasteiger partial charge is 0.343 e. The zero-order valence-corrected chi connectivity index (χ0v) is 16.4. The number of anilines is 2. The lowest BCUT2D eigenvalue weighted by Crippen LogP contribution is -2.29. The summed E-state index contributed by atoms with van der Waals surface area (Å²) in [6.07, 6.45) is -4.61. The number of carbonyl (C=O) groups excluding carboxylic acids is 1. The number of benzene rings is 1. The van der Waals surface area contributed by atoms with Crippen molar-refractivity contribution in [1.29, 1.82) is 0 Å². The molecule has 0 aliphatic heterocycles. The SMILES string of the molecule is CC(NC(=O)c1cc(C(F)(F)F)nn1C)c1cc(N(C)c2ccccc2)nn1C. The Morgan fingerprint density at radius 1 is 1.10 bits per heavy atom. The highest BCUT2D eigenvalue weighted by Crippen LogP contribution is 2.29. The van der Waals surface area contributed by atoms with Crippen molar-refractivity contribution in [3.8, 4) is 0 Å². The molecule has 0 saturated carbocycles. The number of hydrogen-bond acceptors (Lipinski definition) is 4. The number of amides is 1. The van der Waals surface area contributed by atoms with E-state index in [1.54, 1.807) is 18.7 Å². The van der Waals surface area contributed by atoms with Gasteiger partial charge in [0.05, 0.1) is 11.7 Å². The molecule has 1 unspecified atom stereocenters. The lowest BCUT2D eigenvalue weighted by Gasteiger charge is -2.15. The Morgan fingerprint density at radius 2 is 1.76 bits per heavy atom. The van der Waals surface area contributed by atoms with Crippen molar-refractivity contribution in [2.24, 2.45) is 14.1 Å². The van der Waals surface area contributed by atoms with E-state index < -0.39 is 23.8 Å². The van der Waals surface area contributed by atoms with Gasteiger partial charge < -0.3 is 10.2 Å². The van der Waals surface area contributed by atoms with E-state index in [4.69, 9.17) is 0 Å². The van der Waals surface area contributed by atoms with Gasteiger partial charge in [0.15, 0.2) is 11.5 Å². The molecule has 3 aromatic rings. The number of hydrogen-bond donors (Lipinski definition) is 1. The normalized spacial score (nSPS) is 12.7. The second-order valence-corrected chi connectivity index (χ2v) is 6.68. The molecule has 0 radical (unpaired) electrons. The number of aromatic nitrogens is 4. The van der Waals surface area contributed by atoms with Gasteiger partial charge in [-0.15, -0.1) is 0 Å². The highest BCUT2D eigenvalue weighted by atomic mass is 19.4. The first-order chi connectivity index (χ1) is 13.6. The quantitative estimate of drug-likeness (QED) is 0.705. The highest BCUT2D eigenvalue weighted by Gasteiger charge is 2.35. The van der Waals surface area contributed by atoms with Crippen LogP contribution in [0.2, 0.25) is 0 Å². The summed E-state index contributed by atoms with van der Waals surface area (Å²) < 4.78 is 41.0. The zero-order chi connectivity index (χ0) is 21.3. The predicted molar refractivity (Wildman–Crippen MR) is 102 cm³/mol. The van der Waals surface area contributed by atoms with Crippen LogP contribution < -0.4 is 10.2 Å². The standard InChI is InChI=1S/C19H21F3N6O/c1-12(23-18(29)15-10-16(19(20,21)22)24-28(15)4)14-11-17(25-27(14)3)26(2)13-8-6-5-7-9-13/h5-12H,1-4H3,(H,23,29). The first-order valence-corrected chi connectivity index (χ1v) is 8.82. The molecular weight excluding hydrogens is 385 g/mol. The van der Waals surface area contributed by atoms with Crippen LogP contribution in [0.15, 0.2) is 42.5 Å². The summed E-state index contributed by atoms with van der Waals surface area (Å²) in [6, 6.07) is 11.7. The molecule has 154 valence electrons. The largest absolute Gasteiger partial charge is 0.435 e. The van der Waals surface area contributed by atoms with Gasteiger partial charge in [0.25, 0.3) is 5.91 Å². The molecule has 1 N–H and O–H groups in total. The molecule has 0 fully saturated rings. The van der Waals surface area contributed by atoms with Crippen LogP contribution in [0.4, 0.5) is 24.7 Å². The molecule has 7 nitrogen and oxygen atoms in total. The minimum atomic E-state index is -4.61. The number of nitrogens with zero attached hydrogens (tertiary/aromatic N) is 5. The maximum atomic E-state index is 12.8.